The first-order valence-electron chi connectivity index (χ1n) is 8.77. The van der Waals surface area contributed by atoms with Crippen LogP contribution in [0.25, 0.3) is 10.9 Å². The Labute approximate surface area is 147 Å². The number of fused-ring (bicyclic) bond motifs is 2. The molecule has 0 N–H and O–H groups in total. The predicted octanol–water partition coefficient (Wildman–Crippen LogP) is 2.15. The van der Waals surface area contributed by atoms with E-state index in [1.54, 1.807) is 10.8 Å². The van der Waals surface area contributed by atoms with Crippen LogP contribution in [0, 0.1) is 0 Å². The lowest BCUT2D eigenvalue weighted by Crippen LogP contribution is -2.54. The highest BCUT2D eigenvalue weighted by Crippen LogP contribution is 2.33. The molecule has 6 nitrogen and oxygen atoms in total. The average Bonchev–Trinajstić information content (AvgIpc) is 3.21. The minimum atomic E-state index is -0.0624. The summed E-state index contributed by atoms with van der Waals surface area (Å²) in [6, 6.07) is 7.89. The first-order chi connectivity index (χ1) is 12.2. The summed E-state index contributed by atoms with van der Waals surface area (Å²) in [5.74, 6) is -0.0144. The molecule has 1 saturated heterocycles. The number of ether oxygens (including phenoxy) is 2. The smallest absolute Gasteiger partial charge is 0.275 e. The Bertz CT molecular complexity index is 800. The molecule has 132 valence electrons. The number of para-hydroxylation sites is 1. The van der Waals surface area contributed by atoms with Gasteiger partial charge in [-0.05, 0) is 18.9 Å². The zero-order chi connectivity index (χ0) is 17.4. The van der Waals surface area contributed by atoms with E-state index in [9.17, 15) is 4.79 Å². The molecule has 3 atom stereocenters. The first-order valence-corrected chi connectivity index (χ1v) is 8.77. The standard InChI is InChI=1S/C19H23N3O3/c1-3-11-24-16-9-8-15-18(16)25-12-10-22(15)19(23)17-13-6-4-5-7-14(13)21(2)20-17/h3-7,15-16,18H,1,8-12H2,2H3/t15-,16-,18-/m0/s1. The first kappa shape index (κ1) is 16.3. The summed E-state index contributed by atoms with van der Waals surface area (Å²) in [5.41, 5.74) is 1.49. The zero-order valence-electron chi connectivity index (χ0n) is 14.4. The van der Waals surface area contributed by atoms with Crippen molar-refractivity contribution in [1.29, 1.82) is 0 Å². The lowest BCUT2D eigenvalue weighted by atomic mass is 10.1. The van der Waals surface area contributed by atoms with Crippen molar-refractivity contribution >= 4 is 16.8 Å². The maximum atomic E-state index is 13.2. The summed E-state index contributed by atoms with van der Waals surface area (Å²) in [5, 5.41) is 5.39. The molecule has 6 heteroatoms. The van der Waals surface area contributed by atoms with Gasteiger partial charge in [-0.25, -0.2) is 0 Å². The van der Waals surface area contributed by atoms with Gasteiger partial charge in [0, 0.05) is 19.0 Å². The van der Waals surface area contributed by atoms with Crippen LogP contribution in [0.15, 0.2) is 36.9 Å². The molecule has 25 heavy (non-hydrogen) atoms. The Hall–Kier alpha value is -2.18. The van der Waals surface area contributed by atoms with Crippen molar-refractivity contribution in [2.75, 3.05) is 19.8 Å². The lowest BCUT2D eigenvalue weighted by Gasteiger charge is -2.38. The summed E-state index contributed by atoms with van der Waals surface area (Å²) in [6.45, 7) is 5.34. The third kappa shape index (κ3) is 2.75. The van der Waals surface area contributed by atoms with Gasteiger partial charge in [0.15, 0.2) is 5.69 Å². The molecule has 1 aliphatic carbocycles. The SMILES string of the molecule is C=CCO[C@H]1CC[C@H]2[C@@H]1OCCN2C(=O)c1nn(C)c2ccccc12. The van der Waals surface area contributed by atoms with Gasteiger partial charge in [-0.3, -0.25) is 9.48 Å². The van der Waals surface area contributed by atoms with Gasteiger partial charge in [-0.2, -0.15) is 5.10 Å². The number of hydrogen-bond donors (Lipinski definition) is 0. The van der Waals surface area contributed by atoms with E-state index in [2.05, 4.69) is 11.7 Å². The number of aryl methyl sites for hydroxylation is 1. The second-order valence-electron chi connectivity index (χ2n) is 6.63. The molecule has 0 unspecified atom stereocenters. The summed E-state index contributed by atoms with van der Waals surface area (Å²) in [7, 11) is 1.87. The van der Waals surface area contributed by atoms with E-state index >= 15 is 0 Å². The van der Waals surface area contributed by atoms with Gasteiger partial charge in [0.1, 0.15) is 6.10 Å². The molecule has 2 heterocycles. The largest absolute Gasteiger partial charge is 0.372 e. The van der Waals surface area contributed by atoms with Crippen LogP contribution in [-0.2, 0) is 16.5 Å². The average molecular weight is 341 g/mol. The van der Waals surface area contributed by atoms with Crippen LogP contribution < -0.4 is 0 Å². The van der Waals surface area contributed by atoms with Gasteiger partial charge in [-0.1, -0.05) is 24.3 Å². The van der Waals surface area contributed by atoms with Crippen LogP contribution in [0.4, 0.5) is 0 Å². The number of carbonyl (C=O) groups excluding carboxylic acids is 1. The van der Waals surface area contributed by atoms with Crippen molar-refractivity contribution in [3.63, 3.8) is 0 Å². The van der Waals surface area contributed by atoms with E-state index in [4.69, 9.17) is 9.47 Å². The normalized spacial score (nSPS) is 26.0. The summed E-state index contributed by atoms with van der Waals surface area (Å²) in [6.07, 6.45) is 3.50. The summed E-state index contributed by atoms with van der Waals surface area (Å²) < 4.78 is 13.5. The third-order valence-corrected chi connectivity index (χ3v) is 5.18. The van der Waals surface area contributed by atoms with Crippen molar-refractivity contribution in [3.05, 3.63) is 42.6 Å². The Morgan fingerprint density at radius 3 is 3.12 bits per heavy atom. The molecule has 1 aromatic carbocycles. The molecule has 1 saturated carbocycles. The molecule has 1 aliphatic heterocycles. The van der Waals surface area contributed by atoms with E-state index in [0.717, 1.165) is 23.7 Å². The van der Waals surface area contributed by atoms with Gasteiger partial charge in [-0.15, -0.1) is 6.58 Å². The van der Waals surface area contributed by atoms with Gasteiger partial charge in [0.2, 0.25) is 0 Å². The van der Waals surface area contributed by atoms with Gasteiger partial charge >= 0.3 is 0 Å². The number of carbonyl (C=O) groups is 1. The topological polar surface area (TPSA) is 56.6 Å². The van der Waals surface area contributed by atoms with Gasteiger partial charge in [0.25, 0.3) is 5.91 Å². The third-order valence-electron chi connectivity index (χ3n) is 5.18. The zero-order valence-corrected chi connectivity index (χ0v) is 14.4. The molecule has 1 amide bonds. The minimum absolute atomic E-state index is 0.0144. The van der Waals surface area contributed by atoms with Crippen LogP contribution in [0.1, 0.15) is 23.3 Å². The number of aromatic nitrogens is 2. The molecular formula is C19H23N3O3. The molecule has 4 rings (SSSR count). The quantitative estimate of drug-likeness (QED) is 0.800. The second-order valence-corrected chi connectivity index (χ2v) is 6.63. The van der Waals surface area contributed by atoms with Crippen LogP contribution in [0.5, 0.6) is 0 Å². The van der Waals surface area contributed by atoms with E-state index in [-0.39, 0.29) is 24.2 Å². The molecule has 2 fully saturated rings. The Morgan fingerprint density at radius 1 is 1.44 bits per heavy atom. The van der Waals surface area contributed by atoms with Crippen molar-refractivity contribution in [1.82, 2.24) is 14.7 Å². The van der Waals surface area contributed by atoms with Gasteiger partial charge in [0.05, 0.1) is 30.9 Å². The number of benzene rings is 1. The predicted molar refractivity (Wildman–Crippen MR) is 94.4 cm³/mol. The van der Waals surface area contributed by atoms with E-state index in [1.165, 1.54) is 0 Å². The summed E-state index contributed by atoms with van der Waals surface area (Å²) >= 11 is 0. The van der Waals surface area contributed by atoms with Crippen LogP contribution in [-0.4, -0.2) is 58.6 Å². The van der Waals surface area contributed by atoms with Crippen molar-refractivity contribution in [2.45, 2.75) is 31.1 Å². The van der Waals surface area contributed by atoms with Crippen molar-refractivity contribution < 1.29 is 14.3 Å². The van der Waals surface area contributed by atoms with E-state index < -0.39 is 0 Å². The lowest BCUT2D eigenvalue weighted by molar-refractivity contribution is -0.100. The Kier molecular flexibility index (Phi) is 4.31. The van der Waals surface area contributed by atoms with Crippen molar-refractivity contribution in [2.24, 2.45) is 7.05 Å². The molecule has 0 bridgehead atoms. The monoisotopic (exact) mass is 341 g/mol. The second kappa shape index (κ2) is 6.61. The van der Waals surface area contributed by atoms with Crippen LogP contribution >= 0.6 is 0 Å². The Morgan fingerprint density at radius 2 is 2.28 bits per heavy atom. The fourth-order valence-corrected chi connectivity index (χ4v) is 4.05. The molecular weight excluding hydrogens is 318 g/mol. The molecule has 2 aliphatic rings. The summed E-state index contributed by atoms with van der Waals surface area (Å²) in [4.78, 5) is 15.2. The van der Waals surface area contributed by atoms with Crippen LogP contribution in [0.3, 0.4) is 0 Å². The van der Waals surface area contributed by atoms with Gasteiger partial charge < -0.3 is 14.4 Å². The van der Waals surface area contributed by atoms with Crippen molar-refractivity contribution in [3.8, 4) is 0 Å². The van der Waals surface area contributed by atoms with Crippen LogP contribution in [0.2, 0.25) is 0 Å². The number of amides is 1. The number of hydrogen-bond acceptors (Lipinski definition) is 4. The minimum Gasteiger partial charge on any atom is -0.372 e. The molecule has 2 aromatic rings. The van der Waals surface area contributed by atoms with E-state index in [1.807, 2.05) is 36.2 Å². The highest BCUT2D eigenvalue weighted by atomic mass is 16.5. The Balaban J connectivity index is 1.60. The molecule has 0 radical (unpaired) electrons. The van der Waals surface area contributed by atoms with E-state index in [0.29, 0.717) is 25.5 Å². The maximum Gasteiger partial charge on any atom is 0.275 e. The fourth-order valence-electron chi connectivity index (χ4n) is 4.05. The molecule has 0 spiro atoms. The maximum absolute atomic E-state index is 13.2. The fraction of sp³-hybridized carbons (Fsp3) is 0.474. The highest BCUT2D eigenvalue weighted by Gasteiger charge is 2.45. The number of nitrogens with zero attached hydrogens (tertiary/aromatic N) is 3. The number of morpholine rings is 1. The molecule has 1 aromatic heterocycles. The highest BCUT2D eigenvalue weighted by molar-refractivity contribution is 6.05. The number of rotatable bonds is 4.